The highest BCUT2D eigenvalue weighted by Gasteiger charge is 2.16. The Labute approximate surface area is 93.4 Å². The van der Waals surface area contributed by atoms with Crippen LogP contribution in [0, 0.1) is 6.92 Å². The fourth-order valence-corrected chi connectivity index (χ4v) is 1.23. The standard InChI is InChI=1S/C11H13NO4/c1-7-4-5-8(6-9(13)15-2)10(12-7)11(14)16-3/h4-5H,6H2,1-3H3. The van der Waals surface area contributed by atoms with Gasteiger partial charge >= 0.3 is 11.9 Å². The second-order valence-electron chi connectivity index (χ2n) is 3.20. The van der Waals surface area contributed by atoms with E-state index in [1.807, 2.05) is 0 Å². The van der Waals surface area contributed by atoms with E-state index in [2.05, 4.69) is 14.5 Å². The predicted octanol–water partition coefficient (Wildman–Crippen LogP) is 0.892. The van der Waals surface area contributed by atoms with Crippen molar-refractivity contribution >= 4 is 11.9 Å². The molecule has 0 aliphatic carbocycles. The number of aryl methyl sites for hydroxylation is 1. The van der Waals surface area contributed by atoms with Crippen LogP contribution in [0.2, 0.25) is 0 Å². The van der Waals surface area contributed by atoms with Crippen molar-refractivity contribution in [3.63, 3.8) is 0 Å². The molecule has 86 valence electrons. The first-order valence-corrected chi connectivity index (χ1v) is 4.70. The Morgan fingerprint density at radius 2 is 1.94 bits per heavy atom. The summed E-state index contributed by atoms with van der Waals surface area (Å²) in [4.78, 5) is 26.6. The van der Waals surface area contributed by atoms with Crippen molar-refractivity contribution in [3.05, 3.63) is 29.1 Å². The van der Waals surface area contributed by atoms with Crippen molar-refractivity contribution < 1.29 is 19.1 Å². The number of esters is 2. The average Bonchev–Trinajstić information content (AvgIpc) is 2.30. The summed E-state index contributed by atoms with van der Waals surface area (Å²) in [5.41, 5.74) is 1.35. The Morgan fingerprint density at radius 1 is 1.25 bits per heavy atom. The van der Waals surface area contributed by atoms with Crippen LogP contribution in [0.1, 0.15) is 21.7 Å². The third-order valence-electron chi connectivity index (χ3n) is 2.06. The lowest BCUT2D eigenvalue weighted by Crippen LogP contribution is -2.13. The molecule has 16 heavy (non-hydrogen) atoms. The van der Waals surface area contributed by atoms with Crippen LogP contribution >= 0.6 is 0 Å². The third-order valence-corrected chi connectivity index (χ3v) is 2.06. The highest BCUT2D eigenvalue weighted by atomic mass is 16.5. The van der Waals surface area contributed by atoms with Gasteiger partial charge in [-0.25, -0.2) is 9.78 Å². The molecule has 5 nitrogen and oxygen atoms in total. The second-order valence-corrected chi connectivity index (χ2v) is 3.20. The first-order valence-electron chi connectivity index (χ1n) is 4.70. The number of methoxy groups -OCH3 is 2. The van der Waals surface area contributed by atoms with Gasteiger partial charge in [-0.15, -0.1) is 0 Å². The molecular formula is C11H13NO4. The smallest absolute Gasteiger partial charge is 0.356 e. The minimum atomic E-state index is -0.553. The van der Waals surface area contributed by atoms with Gasteiger partial charge in [0.25, 0.3) is 0 Å². The molecule has 0 unspecified atom stereocenters. The maximum absolute atomic E-state index is 11.4. The zero-order valence-electron chi connectivity index (χ0n) is 9.44. The number of carbonyl (C=O) groups is 2. The third kappa shape index (κ3) is 2.79. The summed E-state index contributed by atoms with van der Waals surface area (Å²) in [6, 6.07) is 3.40. The molecule has 0 aromatic carbocycles. The lowest BCUT2D eigenvalue weighted by Gasteiger charge is -2.06. The average molecular weight is 223 g/mol. The molecule has 1 rings (SSSR count). The summed E-state index contributed by atoms with van der Waals surface area (Å²) in [5, 5.41) is 0. The minimum Gasteiger partial charge on any atom is -0.469 e. The second kappa shape index (κ2) is 5.25. The largest absolute Gasteiger partial charge is 0.469 e. The van der Waals surface area contributed by atoms with Crippen LogP contribution in [0.4, 0.5) is 0 Å². The van der Waals surface area contributed by atoms with Crippen molar-refractivity contribution in [2.45, 2.75) is 13.3 Å². The normalized spacial score (nSPS) is 9.69. The van der Waals surface area contributed by atoms with E-state index in [0.29, 0.717) is 11.3 Å². The van der Waals surface area contributed by atoms with Crippen molar-refractivity contribution in [2.24, 2.45) is 0 Å². The van der Waals surface area contributed by atoms with Crippen molar-refractivity contribution in [1.29, 1.82) is 0 Å². The highest BCUT2D eigenvalue weighted by Crippen LogP contribution is 2.10. The Kier molecular flexibility index (Phi) is 3.99. The zero-order valence-corrected chi connectivity index (χ0v) is 9.44. The topological polar surface area (TPSA) is 65.5 Å². The molecule has 0 N–H and O–H groups in total. The van der Waals surface area contributed by atoms with E-state index >= 15 is 0 Å². The molecule has 0 aliphatic heterocycles. The maximum Gasteiger partial charge on any atom is 0.356 e. The fourth-order valence-electron chi connectivity index (χ4n) is 1.23. The number of hydrogen-bond acceptors (Lipinski definition) is 5. The van der Waals surface area contributed by atoms with Crippen LogP contribution in [-0.4, -0.2) is 31.1 Å². The first kappa shape index (κ1) is 12.2. The first-order chi connectivity index (χ1) is 7.58. The summed E-state index contributed by atoms with van der Waals surface area (Å²) >= 11 is 0. The Bertz CT molecular complexity index is 414. The molecule has 0 spiro atoms. The van der Waals surface area contributed by atoms with Crippen molar-refractivity contribution in [3.8, 4) is 0 Å². The number of hydrogen-bond donors (Lipinski definition) is 0. The van der Waals surface area contributed by atoms with Gasteiger partial charge in [-0.05, 0) is 18.6 Å². The van der Waals surface area contributed by atoms with Gasteiger partial charge in [-0.3, -0.25) is 4.79 Å². The van der Waals surface area contributed by atoms with Gasteiger partial charge in [-0.2, -0.15) is 0 Å². The summed E-state index contributed by atoms with van der Waals surface area (Å²) in [6.07, 6.45) is 0.00815. The number of ether oxygens (including phenoxy) is 2. The molecule has 0 atom stereocenters. The molecule has 1 heterocycles. The minimum absolute atomic E-state index is 0.00815. The van der Waals surface area contributed by atoms with Gasteiger partial charge in [0.05, 0.1) is 20.6 Å². The quantitative estimate of drug-likeness (QED) is 0.712. The van der Waals surface area contributed by atoms with Crippen LogP contribution in [0.3, 0.4) is 0 Å². The van der Waals surface area contributed by atoms with E-state index in [9.17, 15) is 9.59 Å². The zero-order chi connectivity index (χ0) is 12.1. The van der Waals surface area contributed by atoms with Gasteiger partial charge < -0.3 is 9.47 Å². The van der Waals surface area contributed by atoms with Crippen LogP contribution in [-0.2, 0) is 20.7 Å². The summed E-state index contributed by atoms with van der Waals surface area (Å²) < 4.78 is 9.13. The number of aromatic nitrogens is 1. The van der Waals surface area contributed by atoms with Crippen LogP contribution in [0.25, 0.3) is 0 Å². The van der Waals surface area contributed by atoms with E-state index < -0.39 is 11.9 Å². The predicted molar refractivity (Wildman–Crippen MR) is 56.0 cm³/mol. The molecule has 0 fully saturated rings. The van der Waals surface area contributed by atoms with Crippen molar-refractivity contribution in [1.82, 2.24) is 4.98 Å². The Balaban J connectivity index is 3.07. The van der Waals surface area contributed by atoms with Crippen LogP contribution < -0.4 is 0 Å². The number of rotatable bonds is 3. The Hall–Kier alpha value is -1.91. The highest BCUT2D eigenvalue weighted by molar-refractivity contribution is 5.90. The molecule has 0 saturated carbocycles. The van der Waals surface area contributed by atoms with Crippen molar-refractivity contribution in [2.75, 3.05) is 14.2 Å². The molecule has 0 bridgehead atoms. The monoisotopic (exact) mass is 223 g/mol. The lowest BCUT2D eigenvalue weighted by atomic mass is 10.1. The van der Waals surface area contributed by atoms with Gasteiger partial charge in [0, 0.05) is 5.69 Å². The van der Waals surface area contributed by atoms with E-state index in [0.717, 1.165) is 0 Å². The van der Waals surface area contributed by atoms with E-state index in [4.69, 9.17) is 0 Å². The fraction of sp³-hybridized carbons (Fsp3) is 0.364. The summed E-state index contributed by atoms with van der Waals surface area (Å²) in [7, 11) is 2.57. The van der Waals surface area contributed by atoms with Crippen LogP contribution in [0.15, 0.2) is 12.1 Å². The number of carbonyl (C=O) groups excluding carboxylic acids is 2. The van der Waals surface area contributed by atoms with Gasteiger partial charge in [0.2, 0.25) is 0 Å². The summed E-state index contributed by atoms with van der Waals surface area (Å²) in [5.74, 6) is -0.974. The summed E-state index contributed by atoms with van der Waals surface area (Å²) in [6.45, 7) is 1.76. The molecule has 1 aromatic heterocycles. The molecule has 0 saturated heterocycles. The lowest BCUT2D eigenvalue weighted by molar-refractivity contribution is -0.139. The molecule has 0 radical (unpaired) electrons. The van der Waals surface area contributed by atoms with E-state index in [1.165, 1.54) is 14.2 Å². The molecule has 0 aliphatic rings. The maximum atomic E-state index is 11.4. The molecule has 0 amide bonds. The number of nitrogens with zero attached hydrogens (tertiary/aromatic N) is 1. The van der Waals surface area contributed by atoms with Gasteiger partial charge in [0.15, 0.2) is 5.69 Å². The molecule has 1 aromatic rings. The molecule has 5 heteroatoms. The SMILES string of the molecule is COC(=O)Cc1ccc(C)nc1C(=O)OC. The Morgan fingerprint density at radius 3 is 2.50 bits per heavy atom. The molecular weight excluding hydrogens is 210 g/mol. The van der Waals surface area contributed by atoms with Gasteiger partial charge in [0.1, 0.15) is 0 Å². The number of pyridine rings is 1. The van der Waals surface area contributed by atoms with E-state index in [1.54, 1.807) is 19.1 Å². The van der Waals surface area contributed by atoms with Crippen LogP contribution in [0.5, 0.6) is 0 Å². The van der Waals surface area contributed by atoms with E-state index in [-0.39, 0.29) is 12.1 Å². The van der Waals surface area contributed by atoms with Gasteiger partial charge in [-0.1, -0.05) is 6.07 Å².